The summed E-state index contributed by atoms with van der Waals surface area (Å²) in [6.45, 7) is 6.67. The lowest BCUT2D eigenvalue weighted by molar-refractivity contribution is -0.134. The lowest BCUT2D eigenvalue weighted by atomic mass is 9.85. The molecule has 0 radical (unpaired) electrons. The van der Waals surface area contributed by atoms with E-state index in [0.29, 0.717) is 45.6 Å². The van der Waals surface area contributed by atoms with Gasteiger partial charge in [0.25, 0.3) is 5.91 Å². The second kappa shape index (κ2) is 7.67. The predicted molar refractivity (Wildman–Crippen MR) is 109 cm³/mol. The first-order chi connectivity index (χ1) is 14.0. The zero-order valence-corrected chi connectivity index (χ0v) is 17.3. The Labute approximate surface area is 170 Å². The quantitative estimate of drug-likeness (QED) is 0.694. The Kier molecular flexibility index (Phi) is 5.21. The van der Waals surface area contributed by atoms with Crippen molar-refractivity contribution in [1.29, 1.82) is 0 Å². The van der Waals surface area contributed by atoms with Crippen LogP contribution in [0.15, 0.2) is 29.0 Å². The number of rotatable bonds is 6. The van der Waals surface area contributed by atoms with E-state index in [1.807, 2.05) is 12.1 Å². The molecule has 0 N–H and O–H groups in total. The second-order valence-corrected chi connectivity index (χ2v) is 8.22. The van der Waals surface area contributed by atoms with Crippen LogP contribution >= 0.6 is 0 Å². The van der Waals surface area contributed by atoms with Gasteiger partial charge in [-0.3, -0.25) is 9.69 Å². The van der Waals surface area contributed by atoms with E-state index in [9.17, 15) is 9.59 Å². The highest BCUT2D eigenvalue weighted by molar-refractivity contribution is 6.07. The van der Waals surface area contributed by atoms with Crippen molar-refractivity contribution in [3.63, 3.8) is 0 Å². The first-order valence-corrected chi connectivity index (χ1v) is 10.2. The average molecular weight is 400 g/mol. The maximum Gasteiger partial charge on any atom is 0.327 e. The number of carbonyl (C=O) groups is 2. The number of anilines is 1. The van der Waals surface area contributed by atoms with E-state index < -0.39 is 5.54 Å². The highest BCUT2D eigenvalue weighted by atomic mass is 16.5. The minimum Gasteiger partial charge on any atom is -0.464 e. The van der Waals surface area contributed by atoms with E-state index in [2.05, 4.69) is 23.7 Å². The van der Waals surface area contributed by atoms with Crippen LogP contribution in [0, 0.1) is 5.92 Å². The standard InChI is InChI=1S/C21H28N4O4/c1-15(2)14-25-20(27)24(11-13-28-3)19(26)21(25)6-9-23(10-7-21)18-16-5-12-29-17(16)4-8-22-18/h4-5,8,12,15H,6-7,9-11,13-14H2,1-3H3. The Balaban J connectivity index is 1.59. The molecular weight excluding hydrogens is 372 g/mol. The van der Waals surface area contributed by atoms with Crippen molar-refractivity contribution in [2.45, 2.75) is 32.2 Å². The summed E-state index contributed by atoms with van der Waals surface area (Å²) in [5, 5.41) is 0.970. The number of amides is 3. The zero-order valence-electron chi connectivity index (χ0n) is 17.3. The molecule has 2 aliphatic heterocycles. The third-order valence-corrected chi connectivity index (χ3v) is 5.94. The summed E-state index contributed by atoms with van der Waals surface area (Å²) in [4.78, 5) is 36.3. The number of carbonyl (C=O) groups excluding carboxylic acids is 2. The number of urea groups is 1. The molecule has 0 saturated carbocycles. The van der Waals surface area contributed by atoms with Gasteiger partial charge < -0.3 is 19.0 Å². The van der Waals surface area contributed by atoms with Crippen LogP contribution in [0.1, 0.15) is 26.7 Å². The normalized spacial score (nSPS) is 19.4. The van der Waals surface area contributed by atoms with Gasteiger partial charge in [0, 0.05) is 32.9 Å². The Morgan fingerprint density at radius 1 is 1.24 bits per heavy atom. The summed E-state index contributed by atoms with van der Waals surface area (Å²) < 4.78 is 10.6. The van der Waals surface area contributed by atoms with E-state index in [4.69, 9.17) is 9.15 Å². The van der Waals surface area contributed by atoms with Gasteiger partial charge in [0.15, 0.2) is 0 Å². The number of pyridine rings is 1. The first-order valence-electron chi connectivity index (χ1n) is 10.2. The molecule has 0 bridgehead atoms. The molecule has 0 unspecified atom stereocenters. The monoisotopic (exact) mass is 400 g/mol. The van der Waals surface area contributed by atoms with Crippen LogP contribution in [0.5, 0.6) is 0 Å². The molecule has 3 amide bonds. The molecule has 8 heteroatoms. The fraction of sp³-hybridized carbons (Fsp3) is 0.571. The van der Waals surface area contributed by atoms with E-state index in [0.717, 1.165) is 16.8 Å². The lowest BCUT2D eigenvalue weighted by Gasteiger charge is -2.43. The molecule has 29 heavy (non-hydrogen) atoms. The molecule has 0 atom stereocenters. The van der Waals surface area contributed by atoms with Gasteiger partial charge in [-0.1, -0.05) is 13.8 Å². The summed E-state index contributed by atoms with van der Waals surface area (Å²) in [6.07, 6.45) is 4.58. The zero-order chi connectivity index (χ0) is 20.6. The predicted octanol–water partition coefficient (Wildman–Crippen LogP) is 2.73. The number of hydrogen-bond acceptors (Lipinski definition) is 6. The van der Waals surface area contributed by atoms with Crippen LogP contribution in [-0.2, 0) is 9.53 Å². The van der Waals surface area contributed by atoms with Crippen molar-refractivity contribution in [3.8, 4) is 0 Å². The minimum atomic E-state index is -0.768. The summed E-state index contributed by atoms with van der Waals surface area (Å²) in [6, 6.07) is 3.58. The van der Waals surface area contributed by atoms with Crippen molar-refractivity contribution in [2.24, 2.45) is 5.92 Å². The van der Waals surface area contributed by atoms with Crippen molar-refractivity contribution in [1.82, 2.24) is 14.8 Å². The third-order valence-electron chi connectivity index (χ3n) is 5.94. The maximum absolute atomic E-state index is 13.4. The van der Waals surface area contributed by atoms with Crippen molar-refractivity contribution >= 4 is 28.7 Å². The van der Waals surface area contributed by atoms with Crippen LogP contribution in [0.3, 0.4) is 0 Å². The Hall–Kier alpha value is -2.61. The number of piperidine rings is 1. The van der Waals surface area contributed by atoms with Gasteiger partial charge in [-0.15, -0.1) is 0 Å². The summed E-state index contributed by atoms with van der Waals surface area (Å²) in [5.74, 6) is 1.06. The molecule has 0 aromatic carbocycles. The molecule has 4 heterocycles. The molecule has 1 spiro atoms. The van der Waals surface area contributed by atoms with Gasteiger partial charge in [0.05, 0.1) is 24.8 Å². The van der Waals surface area contributed by atoms with Crippen LogP contribution in [-0.4, -0.2) is 72.2 Å². The largest absolute Gasteiger partial charge is 0.464 e. The fourth-order valence-corrected chi connectivity index (χ4v) is 4.48. The summed E-state index contributed by atoms with van der Waals surface area (Å²) >= 11 is 0. The molecule has 8 nitrogen and oxygen atoms in total. The Morgan fingerprint density at radius 2 is 2.00 bits per heavy atom. The van der Waals surface area contributed by atoms with Crippen molar-refractivity contribution in [2.75, 3.05) is 44.8 Å². The molecule has 2 aliphatic rings. The topological polar surface area (TPSA) is 79.1 Å². The average Bonchev–Trinajstić information content (AvgIpc) is 3.26. The number of fused-ring (bicyclic) bond motifs is 1. The van der Waals surface area contributed by atoms with Gasteiger partial charge in [-0.2, -0.15) is 0 Å². The molecular formula is C21H28N4O4. The van der Waals surface area contributed by atoms with Crippen molar-refractivity contribution < 1.29 is 18.7 Å². The van der Waals surface area contributed by atoms with E-state index in [1.54, 1.807) is 24.5 Å². The molecule has 2 fully saturated rings. The van der Waals surface area contributed by atoms with Crippen molar-refractivity contribution in [3.05, 3.63) is 24.6 Å². The van der Waals surface area contributed by atoms with E-state index in [1.165, 1.54) is 4.90 Å². The first kappa shape index (κ1) is 19.7. The highest BCUT2D eigenvalue weighted by Gasteiger charge is 2.57. The molecule has 156 valence electrons. The fourth-order valence-electron chi connectivity index (χ4n) is 4.48. The molecule has 2 aromatic rings. The number of ether oxygens (including phenoxy) is 1. The number of imide groups is 1. The summed E-state index contributed by atoms with van der Waals surface area (Å²) in [5.41, 5.74) is 0.0326. The maximum atomic E-state index is 13.4. The number of nitrogens with zero attached hydrogens (tertiary/aromatic N) is 4. The van der Waals surface area contributed by atoms with Gasteiger partial charge in [-0.05, 0) is 30.9 Å². The molecule has 0 aliphatic carbocycles. The minimum absolute atomic E-state index is 0.0886. The van der Waals surface area contributed by atoms with Gasteiger partial charge in [0.1, 0.15) is 16.9 Å². The lowest BCUT2D eigenvalue weighted by Crippen LogP contribution is -2.57. The van der Waals surface area contributed by atoms with Gasteiger partial charge in [-0.25, -0.2) is 9.78 Å². The van der Waals surface area contributed by atoms with Crippen LogP contribution in [0.4, 0.5) is 10.6 Å². The molecule has 2 saturated heterocycles. The number of hydrogen-bond donors (Lipinski definition) is 0. The number of methoxy groups -OCH3 is 1. The van der Waals surface area contributed by atoms with Gasteiger partial charge >= 0.3 is 6.03 Å². The van der Waals surface area contributed by atoms with Crippen LogP contribution in [0.25, 0.3) is 11.0 Å². The van der Waals surface area contributed by atoms with Crippen LogP contribution < -0.4 is 4.90 Å². The number of furan rings is 1. The Morgan fingerprint density at radius 3 is 2.69 bits per heavy atom. The second-order valence-electron chi connectivity index (χ2n) is 8.22. The number of aromatic nitrogens is 1. The van der Waals surface area contributed by atoms with Crippen LogP contribution in [0.2, 0.25) is 0 Å². The third kappa shape index (κ3) is 3.25. The van der Waals surface area contributed by atoms with E-state index in [-0.39, 0.29) is 17.9 Å². The molecule has 4 rings (SSSR count). The summed E-state index contributed by atoms with van der Waals surface area (Å²) in [7, 11) is 1.58. The van der Waals surface area contributed by atoms with E-state index >= 15 is 0 Å². The molecule has 2 aromatic heterocycles. The Bertz CT molecular complexity index is 901. The SMILES string of the molecule is COCCN1C(=O)N(CC(C)C)C2(CCN(c3nccc4occc34)CC2)C1=O. The smallest absolute Gasteiger partial charge is 0.327 e. The highest BCUT2D eigenvalue weighted by Crippen LogP contribution is 2.39. The van der Waals surface area contributed by atoms with Gasteiger partial charge in [0.2, 0.25) is 0 Å².